The second-order valence-electron chi connectivity index (χ2n) is 5.66. The lowest BCUT2D eigenvalue weighted by Crippen LogP contribution is -2.33. The molecule has 1 aliphatic rings. The number of para-hydroxylation sites is 1. The predicted molar refractivity (Wildman–Crippen MR) is 94.7 cm³/mol. The van der Waals surface area contributed by atoms with Crippen molar-refractivity contribution in [2.45, 2.75) is 6.42 Å². The van der Waals surface area contributed by atoms with Crippen molar-refractivity contribution in [1.82, 2.24) is 4.98 Å². The van der Waals surface area contributed by atoms with Gasteiger partial charge in [0.05, 0.1) is 5.02 Å². The van der Waals surface area contributed by atoms with E-state index in [0.29, 0.717) is 22.8 Å². The molecule has 0 radical (unpaired) electrons. The van der Waals surface area contributed by atoms with Crippen LogP contribution in [0.3, 0.4) is 0 Å². The molecule has 1 amide bonds. The van der Waals surface area contributed by atoms with Gasteiger partial charge in [0.15, 0.2) is 6.61 Å². The number of nitrogens with zero attached hydrogens (tertiary/aromatic N) is 2. The van der Waals surface area contributed by atoms with Gasteiger partial charge in [-0.1, -0.05) is 29.8 Å². The van der Waals surface area contributed by atoms with Crippen LogP contribution < -0.4 is 9.64 Å². The fourth-order valence-corrected chi connectivity index (χ4v) is 3.26. The monoisotopic (exact) mass is 338 g/mol. The van der Waals surface area contributed by atoms with Crippen molar-refractivity contribution >= 4 is 34.1 Å². The van der Waals surface area contributed by atoms with E-state index in [1.54, 1.807) is 23.2 Å². The number of carbonyl (C=O) groups excluding carboxylic acids is 1. The topological polar surface area (TPSA) is 42.4 Å². The maximum absolute atomic E-state index is 12.5. The number of hydrogen-bond donors (Lipinski definition) is 0. The number of benzene rings is 2. The summed E-state index contributed by atoms with van der Waals surface area (Å²) in [5.41, 5.74) is 2.84. The lowest BCUT2D eigenvalue weighted by Gasteiger charge is -2.18. The molecule has 3 aromatic rings. The molecule has 2 aromatic carbocycles. The van der Waals surface area contributed by atoms with Crippen LogP contribution >= 0.6 is 11.6 Å². The van der Waals surface area contributed by atoms with Gasteiger partial charge in [0.1, 0.15) is 11.3 Å². The second kappa shape index (κ2) is 6.13. The van der Waals surface area contributed by atoms with Crippen LogP contribution in [-0.2, 0) is 11.2 Å². The summed E-state index contributed by atoms with van der Waals surface area (Å²) in [6, 6.07) is 15.2. The molecule has 1 aromatic heterocycles. The van der Waals surface area contributed by atoms with E-state index in [4.69, 9.17) is 16.3 Å². The zero-order chi connectivity index (χ0) is 16.5. The Morgan fingerprint density at radius 3 is 2.96 bits per heavy atom. The Morgan fingerprint density at radius 1 is 1.17 bits per heavy atom. The van der Waals surface area contributed by atoms with Crippen molar-refractivity contribution < 1.29 is 9.53 Å². The van der Waals surface area contributed by atoms with Gasteiger partial charge in [-0.25, -0.2) is 0 Å². The molecular formula is C19H15ClN2O2. The van der Waals surface area contributed by atoms with E-state index in [1.165, 1.54) is 5.56 Å². The Morgan fingerprint density at radius 2 is 2.04 bits per heavy atom. The fraction of sp³-hybridized carbons (Fsp3) is 0.158. The van der Waals surface area contributed by atoms with E-state index in [-0.39, 0.29) is 12.5 Å². The number of ether oxygens (including phenoxy) is 1. The van der Waals surface area contributed by atoms with Crippen LogP contribution in [0.1, 0.15) is 5.56 Å². The van der Waals surface area contributed by atoms with Crippen LogP contribution in [-0.4, -0.2) is 24.0 Å². The molecule has 0 spiro atoms. The van der Waals surface area contributed by atoms with Crippen molar-refractivity contribution in [3.05, 3.63) is 65.3 Å². The molecule has 24 heavy (non-hydrogen) atoms. The van der Waals surface area contributed by atoms with Gasteiger partial charge in [0.2, 0.25) is 0 Å². The quantitative estimate of drug-likeness (QED) is 0.728. The molecule has 0 bridgehead atoms. The van der Waals surface area contributed by atoms with Crippen LogP contribution in [0.4, 0.5) is 5.69 Å². The first-order chi connectivity index (χ1) is 11.7. The van der Waals surface area contributed by atoms with Crippen molar-refractivity contribution in [3.8, 4) is 5.75 Å². The average Bonchev–Trinajstić information content (AvgIpc) is 3.05. The summed E-state index contributed by atoms with van der Waals surface area (Å²) in [5.74, 6) is 0.509. The molecule has 1 aliphatic heterocycles. The normalized spacial score (nSPS) is 13.1. The zero-order valence-corrected chi connectivity index (χ0v) is 13.7. The summed E-state index contributed by atoms with van der Waals surface area (Å²) in [6.07, 6.45) is 2.57. The molecular weight excluding hydrogens is 324 g/mol. The van der Waals surface area contributed by atoms with Gasteiger partial charge in [0, 0.05) is 23.8 Å². The summed E-state index contributed by atoms with van der Waals surface area (Å²) < 4.78 is 5.75. The minimum atomic E-state index is -0.0565. The molecule has 0 saturated carbocycles. The molecule has 4 nitrogen and oxygen atoms in total. The lowest BCUT2D eigenvalue weighted by atomic mass is 10.2. The van der Waals surface area contributed by atoms with E-state index in [9.17, 15) is 4.79 Å². The number of anilines is 1. The first-order valence-electron chi connectivity index (χ1n) is 7.78. The Kier molecular flexibility index (Phi) is 3.82. The number of hydrogen-bond acceptors (Lipinski definition) is 3. The third-order valence-corrected chi connectivity index (χ3v) is 4.55. The van der Waals surface area contributed by atoms with Crippen LogP contribution in [0.5, 0.6) is 5.75 Å². The number of fused-ring (bicyclic) bond motifs is 2. The molecule has 2 heterocycles. The van der Waals surface area contributed by atoms with Gasteiger partial charge in [-0.05, 0) is 42.3 Å². The van der Waals surface area contributed by atoms with Gasteiger partial charge in [-0.3, -0.25) is 9.78 Å². The average molecular weight is 339 g/mol. The van der Waals surface area contributed by atoms with Gasteiger partial charge in [0.25, 0.3) is 5.91 Å². The third kappa shape index (κ3) is 2.59. The first-order valence-corrected chi connectivity index (χ1v) is 8.16. The summed E-state index contributed by atoms with van der Waals surface area (Å²) in [7, 11) is 0. The smallest absolute Gasteiger partial charge is 0.264 e. The lowest BCUT2D eigenvalue weighted by molar-refractivity contribution is -0.120. The number of rotatable bonds is 3. The maximum Gasteiger partial charge on any atom is 0.264 e. The molecule has 0 unspecified atom stereocenters. The van der Waals surface area contributed by atoms with Crippen molar-refractivity contribution in [3.63, 3.8) is 0 Å². The highest BCUT2D eigenvalue weighted by molar-refractivity contribution is 6.35. The summed E-state index contributed by atoms with van der Waals surface area (Å²) in [5, 5.41) is 1.43. The van der Waals surface area contributed by atoms with E-state index in [1.807, 2.05) is 30.3 Å². The standard InChI is InChI=1S/C19H15ClN2O2/c20-15-7-8-17(19-14(15)5-3-10-21-19)24-12-18(23)22-11-9-13-4-1-2-6-16(13)22/h1-8,10H,9,11-12H2. The minimum Gasteiger partial charge on any atom is -0.481 e. The van der Waals surface area contributed by atoms with Crippen molar-refractivity contribution in [2.75, 3.05) is 18.1 Å². The summed E-state index contributed by atoms with van der Waals surface area (Å²) in [4.78, 5) is 18.6. The van der Waals surface area contributed by atoms with Gasteiger partial charge < -0.3 is 9.64 Å². The van der Waals surface area contributed by atoms with Crippen LogP contribution in [0, 0.1) is 0 Å². The SMILES string of the molecule is O=C(COc1ccc(Cl)c2cccnc12)N1CCc2ccccc21. The zero-order valence-electron chi connectivity index (χ0n) is 12.9. The third-order valence-electron chi connectivity index (χ3n) is 4.22. The highest BCUT2D eigenvalue weighted by Crippen LogP contribution is 2.30. The van der Waals surface area contributed by atoms with Crippen LogP contribution in [0.25, 0.3) is 10.9 Å². The second-order valence-corrected chi connectivity index (χ2v) is 6.07. The van der Waals surface area contributed by atoms with Crippen LogP contribution in [0.15, 0.2) is 54.7 Å². The van der Waals surface area contributed by atoms with E-state index in [2.05, 4.69) is 11.1 Å². The molecule has 0 fully saturated rings. The van der Waals surface area contributed by atoms with Gasteiger partial charge in [-0.15, -0.1) is 0 Å². The molecule has 4 rings (SSSR count). The summed E-state index contributed by atoms with van der Waals surface area (Å²) >= 11 is 6.18. The number of aromatic nitrogens is 1. The Hall–Kier alpha value is -2.59. The highest BCUT2D eigenvalue weighted by Gasteiger charge is 2.24. The summed E-state index contributed by atoms with van der Waals surface area (Å²) in [6.45, 7) is 0.669. The van der Waals surface area contributed by atoms with Crippen molar-refractivity contribution in [1.29, 1.82) is 0 Å². The molecule has 0 saturated heterocycles. The van der Waals surface area contributed by atoms with Gasteiger partial charge in [-0.2, -0.15) is 0 Å². The first kappa shape index (κ1) is 15.0. The number of amides is 1. The Bertz CT molecular complexity index is 926. The van der Waals surface area contributed by atoms with Gasteiger partial charge >= 0.3 is 0 Å². The Balaban J connectivity index is 1.54. The number of halogens is 1. The minimum absolute atomic E-state index is 0.0261. The maximum atomic E-state index is 12.5. The molecule has 5 heteroatoms. The number of carbonyl (C=O) groups is 1. The van der Waals surface area contributed by atoms with E-state index in [0.717, 1.165) is 17.5 Å². The molecule has 0 atom stereocenters. The van der Waals surface area contributed by atoms with Crippen LogP contribution in [0.2, 0.25) is 5.02 Å². The Labute approximate surface area is 144 Å². The molecule has 0 N–H and O–H groups in total. The highest BCUT2D eigenvalue weighted by atomic mass is 35.5. The van der Waals surface area contributed by atoms with Crippen molar-refractivity contribution in [2.24, 2.45) is 0 Å². The molecule has 0 aliphatic carbocycles. The number of pyridine rings is 1. The molecule has 120 valence electrons. The van der Waals surface area contributed by atoms with E-state index >= 15 is 0 Å². The van der Waals surface area contributed by atoms with E-state index < -0.39 is 0 Å². The predicted octanol–water partition coefficient (Wildman–Crippen LogP) is 3.86. The fourth-order valence-electron chi connectivity index (χ4n) is 3.04. The largest absolute Gasteiger partial charge is 0.481 e.